The van der Waals surface area contributed by atoms with E-state index in [-0.39, 0.29) is 0 Å². The van der Waals surface area contributed by atoms with Gasteiger partial charge in [0.15, 0.2) is 0 Å². The van der Waals surface area contributed by atoms with E-state index in [9.17, 15) is 0 Å². The maximum Gasteiger partial charge on any atom is 0.0511 e. The Hall–Kier alpha value is -1.08. The van der Waals surface area contributed by atoms with Crippen LogP contribution in [-0.2, 0) is 0 Å². The van der Waals surface area contributed by atoms with Gasteiger partial charge in [-0.05, 0) is 38.4 Å². The highest BCUT2D eigenvalue weighted by Crippen LogP contribution is 2.19. The van der Waals surface area contributed by atoms with Gasteiger partial charge in [-0.25, -0.2) is 0 Å². The first-order valence-electron chi connectivity index (χ1n) is 5.59. The standard InChI is InChI=1S/C14H21N/c1-5-15-14(10-11(2)3)13-9-7-6-8-12(13)4/h6-10,14-15H,5H2,1-4H3. The van der Waals surface area contributed by atoms with Crippen molar-refractivity contribution in [2.24, 2.45) is 0 Å². The van der Waals surface area contributed by atoms with E-state index in [2.05, 4.69) is 63.4 Å². The third kappa shape index (κ3) is 3.52. The SMILES string of the molecule is CCNC(C=C(C)C)c1ccccc1C. The van der Waals surface area contributed by atoms with Crippen LogP contribution in [0.25, 0.3) is 0 Å². The Bertz CT molecular complexity index is 335. The molecule has 0 aromatic heterocycles. The minimum atomic E-state index is 0.348. The predicted molar refractivity (Wildman–Crippen MR) is 67.0 cm³/mol. The monoisotopic (exact) mass is 203 g/mol. The van der Waals surface area contributed by atoms with E-state index in [0.29, 0.717) is 6.04 Å². The van der Waals surface area contributed by atoms with Crippen LogP contribution in [0.1, 0.15) is 37.9 Å². The van der Waals surface area contributed by atoms with Gasteiger partial charge in [-0.2, -0.15) is 0 Å². The number of aryl methyl sites for hydroxylation is 1. The fourth-order valence-corrected chi connectivity index (χ4v) is 1.75. The first-order chi connectivity index (χ1) is 7.15. The van der Waals surface area contributed by atoms with Gasteiger partial charge in [-0.3, -0.25) is 0 Å². The molecule has 1 rings (SSSR count). The van der Waals surface area contributed by atoms with Crippen molar-refractivity contribution >= 4 is 0 Å². The van der Waals surface area contributed by atoms with Crippen molar-refractivity contribution < 1.29 is 0 Å². The summed E-state index contributed by atoms with van der Waals surface area (Å²) in [6.45, 7) is 9.58. The quantitative estimate of drug-likeness (QED) is 0.737. The van der Waals surface area contributed by atoms with Crippen LogP contribution >= 0.6 is 0 Å². The largest absolute Gasteiger partial charge is 0.307 e. The summed E-state index contributed by atoms with van der Waals surface area (Å²) in [5.41, 5.74) is 4.07. The van der Waals surface area contributed by atoms with Crippen molar-refractivity contribution in [2.45, 2.75) is 33.7 Å². The van der Waals surface area contributed by atoms with Crippen molar-refractivity contribution in [3.63, 3.8) is 0 Å². The number of hydrogen-bond acceptors (Lipinski definition) is 1. The van der Waals surface area contributed by atoms with Gasteiger partial charge in [0.05, 0.1) is 6.04 Å². The molecule has 1 heteroatoms. The lowest BCUT2D eigenvalue weighted by Gasteiger charge is -2.17. The van der Waals surface area contributed by atoms with Gasteiger partial charge in [0.25, 0.3) is 0 Å². The van der Waals surface area contributed by atoms with Gasteiger partial charge >= 0.3 is 0 Å². The maximum absolute atomic E-state index is 3.49. The van der Waals surface area contributed by atoms with Crippen molar-refractivity contribution in [3.8, 4) is 0 Å². The van der Waals surface area contributed by atoms with Crippen molar-refractivity contribution in [1.29, 1.82) is 0 Å². The number of hydrogen-bond donors (Lipinski definition) is 1. The van der Waals surface area contributed by atoms with Gasteiger partial charge in [0.2, 0.25) is 0 Å². The molecule has 0 radical (unpaired) electrons. The number of likely N-dealkylation sites (N-methyl/N-ethyl adjacent to an activating group) is 1. The predicted octanol–water partition coefficient (Wildman–Crippen LogP) is 3.61. The molecule has 0 saturated carbocycles. The van der Waals surface area contributed by atoms with Crippen molar-refractivity contribution in [3.05, 3.63) is 47.0 Å². The summed E-state index contributed by atoms with van der Waals surface area (Å²) in [5.74, 6) is 0. The third-order valence-electron chi connectivity index (χ3n) is 2.45. The molecule has 0 aliphatic rings. The minimum Gasteiger partial charge on any atom is -0.307 e. The van der Waals surface area contributed by atoms with E-state index in [0.717, 1.165) is 6.54 Å². The minimum absolute atomic E-state index is 0.348. The number of benzene rings is 1. The van der Waals surface area contributed by atoms with Crippen LogP contribution in [0.4, 0.5) is 0 Å². The number of rotatable bonds is 4. The summed E-state index contributed by atoms with van der Waals surface area (Å²) >= 11 is 0. The van der Waals surface area contributed by atoms with Crippen LogP contribution < -0.4 is 5.32 Å². The van der Waals surface area contributed by atoms with Crippen LogP contribution in [-0.4, -0.2) is 6.54 Å². The Morgan fingerprint density at radius 3 is 2.53 bits per heavy atom. The molecule has 0 bridgehead atoms. The van der Waals surface area contributed by atoms with Crippen molar-refractivity contribution in [2.75, 3.05) is 6.54 Å². The highest BCUT2D eigenvalue weighted by Gasteiger charge is 2.08. The number of allylic oxidation sites excluding steroid dienone is 1. The molecule has 0 aliphatic carbocycles. The summed E-state index contributed by atoms with van der Waals surface area (Å²) in [4.78, 5) is 0. The second kappa shape index (κ2) is 5.72. The zero-order valence-corrected chi connectivity index (χ0v) is 10.2. The third-order valence-corrected chi connectivity index (χ3v) is 2.45. The van der Waals surface area contributed by atoms with Gasteiger partial charge in [0, 0.05) is 0 Å². The molecule has 1 nitrogen and oxygen atoms in total. The second-order valence-corrected chi connectivity index (χ2v) is 4.14. The normalized spacial score (nSPS) is 12.3. The Labute approximate surface area is 93.2 Å². The molecule has 0 spiro atoms. The van der Waals surface area contributed by atoms with Gasteiger partial charge in [-0.15, -0.1) is 0 Å². The van der Waals surface area contributed by atoms with Gasteiger partial charge in [-0.1, -0.05) is 42.8 Å². The van der Waals surface area contributed by atoms with Crippen LogP contribution in [0.5, 0.6) is 0 Å². The molecule has 1 atom stereocenters. The molecule has 0 saturated heterocycles. The number of nitrogens with one attached hydrogen (secondary N) is 1. The molecular weight excluding hydrogens is 182 g/mol. The zero-order valence-electron chi connectivity index (χ0n) is 10.2. The van der Waals surface area contributed by atoms with E-state index in [1.165, 1.54) is 16.7 Å². The average Bonchev–Trinajstić information content (AvgIpc) is 2.17. The van der Waals surface area contributed by atoms with E-state index in [1.54, 1.807) is 0 Å². The average molecular weight is 203 g/mol. The molecule has 1 N–H and O–H groups in total. The van der Waals surface area contributed by atoms with E-state index < -0.39 is 0 Å². The zero-order chi connectivity index (χ0) is 11.3. The Balaban J connectivity index is 2.99. The first-order valence-corrected chi connectivity index (χ1v) is 5.59. The molecule has 0 amide bonds. The Kier molecular flexibility index (Phi) is 4.57. The smallest absolute Gasteiger partial charge is 0.0511 e. The van der Waals surface area contributed by atoms with Crippen LogP contribution in [0.3, 0.4) is 0 Å². The van der Waals surface area contributed by atoms with Crippen molar-refractivity contribution in [1.82, 2.24) is 5.32 Å². The Morgan fingerprint density at radius 2 is 2.00 bits per heavy atom. The maximum atomic E-state index is 3.49. The van der Waals surface area contributed by atoms with E-state index in [1.807, 2.05) is 0 Å². The molecule has 82 valence electrons. The summed E-state index contributed by atoms with van der Waals surface area (Å²) in [6, 6.07) is 8.90. The summed E-state index contributed by atoms with van der Waals surface area (Å²) in [6.07, 6.45) is 2.28. The molecule has 0 fully saturated rings. The summed E-state index contributed by atoms with van der Waals surface area (Å²) in [5, 5.41) is 3.49. The lowest BCUT2D eigenvalue weighted by atomic mass is 9.99. The summed E-state index contributed by atoms with van der Waals surface area (Å²) in [7, 11) is 0. The lowest BCUT2D eigenvalue weighted by Crippen LogP contribution is -2.20. The molecule has 1 unspecified atom stereocenters. The Morgan fingerprint density at radius 1 is 1.33 bits per heavy atom. The molecule has 0 heterocycles. The van der Waals surface area contributed by atoms with Gasteiger partial charge in [0.1, 0.15) is 0 Å². The first kappa shape index (κ1) is 12.0. The van der Waals surface area contributed by atoms with E-state index >= 15 is 0 Å². The fraction of sp³-hybridized carbons (Fsp3) is 0.429. The molecule has 1 aromatic carbocycles. The molecule has 0 aliphatic heterocycles. The molecule has 15 heavy (non-hydrogen) atoms. The lowest BCUT2D eigenvalue weighted by molar-refractivity contribution is 0.642. The topological polar surface area (TPSA) is 12.0 Å². The summed E-state index contributed by atoms with van der Waals surface area (Å²) < 4.78 is 0. The fourth-order valence-electron chi connectivity index (χ4n) is 1.75. The second-order valence-electron chi connectivity index (χ2n) is 4.14. The van der Waals surface area contributed by atoms with Crippen LogP contribution in [0.15, 0.2) is 35.9 Å². The van der Waals surface area contributed by atoms with E-state index in [4.69, 9.17) is 0 Å². The highest BCUT2D eigenvalue weighted by atomic mass is 14.9. The molecule has 1 aromatic rings. The van der Waals surface area contributed by atoms with Crippen LogP contribution in [0, 0.1) is 6.92 Å². The van der Waals surface area contributed by atoms with Crippen LogP contribution in [0.2, 0.25) is 0 Å². The molecular formula is C14H21N. The highest BCUT2D eigenvalue weighted by molar-refractivity contribution is 5.32. The van der Waals surface area contributed by atoms with Gasteiger partial charge < -0.3 is 5.32 Å².